The lowest BCUT2D eigenvalue weighted by molar-refractivity contribution is 0.222. The van der Waals surface area contributed by atoms with Gasteiger partial charge in [-0.25, -0.2) is 8.42 Å². The Bertz CT molecular complexity index is 615. The highest BCUT2D eigenvalue weighted by Crippen LogP contribution is 2.27. The third kappa shape index (κ3) is 2.62. The third-order valence-corrected chi connectivity index (χ3v) is 6.54. The van der Waals surface area contributed by atoms with Crippen LogP contribution in [0.4, 0.5) is 0 Å². The topological polar surface area (TPSA) is 40.6 Å². The second-order valence-electron chi connectivity index (χ2n) is 5.77. The van der Waals surface area contributed by atoms with E-state index in [-0.39, 0.29) is 0 Å². The van der Waals surface area contributed by atoms with Gasteiger partial charge in [0.1, 0.15) is 0 Å². The Morgan fingerprint density at radius 1 is 0.900 bits per heavy atom. The molecular weight excluding hydrogens is 272 g/mol. The molecule has 1 aliphatic rings. The summed E-state index contributed by atoms with van der Waals surface area (Å²) in [4.78, 5) is 2.63. The summed E-state index contributed by atoms with van der Waals surface area (Å²) in [5.41, 5.74) is 4.19. The fourth-order valence-corrected chi connectivity index (χ4v) is 4.40. The number of hydrogen-bond donors (Lipinski definition) is 0. The summed E-state index contributed by atoms with van der Waals surface area (Å²) < 4.78 is 27.3. The van der Waals surface area contributed by atoms with E-state index in [4.69, 9.17) is 0 Å². The molecule has 0 N–H and O–H groups in total. The molecular formula is C15H24N2O2S. The maximum absolute atomic E-state index is 12.8. The molecule has 0 saturated carbocycles. The zero-order chi connectivity index (χ0) is 15.1. The summed E-state index contributed by atoms with van der Waals surface area (Å²) in [5, 5.41) is 0. The lowest BCUT2D eigenvalue weighted by Crippen LogP contribution is -2.47. The summed E-state index contributed by atoms with van der Waals surface area (Å²) >= 11 is 0. The molecule has 112 valence electrons. The highest BCUT2D eigenvalue weighted by atomic mass is 32.2. The molecule has 0 aromatic heterocycles. The number of piperazine rings is 1. The Kier molecular flexibility index (Phi) is 4.23. The number of aryl methyl sites for hydroxylation is 1. The molecule has 4 nitrogen and oxygen atoms in total. The maximum Gasteiger partial charge on any atom is 0.243 e. The second-order valence-corrected chi connectivity index (χ2v) is 7.68. The van der Waals surface area contributed by atoms with Crippen LogP contribution in [0.15, 0.2) is 11.0 Å². The number of rotatable bonds is 2. The van der Waals surface area contributed by atoms with Crippen LogP contribution >= 0.6 is 0 Å². The van der Waals surface area contributed by atoms with E-state index in [9.17, 15) is 8.42 Å². The van der Waals surface area contributed by atoms with Crippen molar-refractivity contribution in [3.8, 4) is 0 Å². The van der Waals surface area contributed by atoms with Gasteiger partial charge < -0.3 is 4.90 Å². The fourth-order valence-electron chi connectivity index (χ4n) is 2.61. The fraction of sp³-hybridized carbons (Fsp3) is 0.600. The summed E-state index contributed by atoms with van der Waals surface area (Å²) in [6, 6.07) is 1.82. The molecule has 0 unspecified atom stereocenters. The lowest BCUT2D eigenvalue weighted by Gasteiger charge is -2.32. The van der Waals surface area contributed by atoms with Crippen molar-refractivity contribution >= 4 is 10.0 Å². The van der Waals surface area contributed by atoms with E-state index >= 15 is 0 Å². The van der Waals surface area contributed by atoms with Gasteiger partial charge in [0, 0.05) is 26.2 Å². The average Bonchev–Trinajstić information content (AvgIpc) is 2.41. The summed E-state index contributed by atoms with van der Waals surface area (Å²) in [6.45, 7) is 10.7. The van der Waals surface area contributed by atoms with Gasteiger partial charge in [-0.1, -0.05) is 0 Å². The van der Waals surface area contributed by atoms with Crippen LogP contribution < -0.4 is 0 Å². The highest BCUT2D eigenvalue weighted by molar-refractivity contribution is 7.89. The highest BCUT2D eigenvalue weighted by Gasteiger charge is 2.29. The van der Waals surface area contributed by atoms with Crippen LogP contribution in [0.3, 0.4) is 0 Å². The Morgan fingerprint density at radius 2 is 1.45 bits per heavy atom. The van der Waals surface area contributed by atoms with Crippen molar-refractivity contribution < 1.29 is 8.42 Å². The van der Waals surface area contributed by atoms with E-state index in [1.165, 1.54) is 5.56 Å². The molecule has 1 fully saturated rings. The van der Waals surface area contributed by atoms with Crippen LogP contribution in [0.25, 0.3) is 0 Å². The molecule has 0 aliphatic carbocycles. The Labute approximate surface area is 122 Å². The number of benzene rings is 1. The van der Waals surface area contributed by atoms with Crippen molar-refractivity contribution in [1.82, 2.24) is 9.21 Å². The monoisotopic (exact) mass is 296 g/mol. The summed E-state index contributed by atoms with van der Waals surface area (Å²) in [5.74, 6) is 0. The van der Waals surface area contributed by atoms with Gasteiger partial charge in [-0.05, 0) is 63.1 Å². The first-order chi connectivity index (χ1) is 9.25. The minimum atomic E-state index is -3.37. The molecule has 1 saturated heterocycles. The second kappa shape index (κ2) is 5.47. The molecule has 5 heteroatoms. The molecule has 0 radical (unpaired) electrons. The van der Waals surface area contributed by atoms with Crippen LogP contribution in [0.1, 0.15) is 22.3 Å². The average molecular weight is 296 g/mol. The zero-order valence-corrected chi connectivity index (χ0v) is 13.8. The zero-order valence-electron chi connectivity index (χ0n) is 13.0. The van der Waals surface area contributed by atoms with Crippen molar-refractivity contribution in [2.75, 3.05) is 33.2 Å². The van der Waals surface area contributed by atoms with Gasteiger partial charge in [0.2, 0.25) is 10.0 Å². The first kappa shape index (κ1) is 15.5. The van der Waals surface area contributed by atoms with Gasteiger partial charge in [-0.3, -0.25) is 0 Å². The van der Waals surface area contributed by atoms with Crippen LogP contribution in [0.5, 0.6) is 0 Å². The maximum atomic E-state index is 12.8. The summed E-state index contributed by atoms with van der Waals surface area (Å²) in [6.07, 6.45) is 0. The molecule has 0 spiro atoms. The van der Waals surface area contributed by atoms with Gasteiger partial charge in [0.05, 0.1) is 4.90 Å². The molecule has 0 bridgehead atoms. The minimum Gasteiger partial charge on any atom is -0.304 e. The van der Waals surface area contributed by atoms with Crippen LogP contribution in [0.2, 0.25) is 0 Å². The van der Waals surface area contributed by atoms with Crippen LogP contribution in [-0.2, 0) is 10.0 Å². The van der Waals surface area contributed by atoms with Gasteiger partial charge in [-0.15, -0.1) is 0 Å². The smallest absolute Gasteiger partial charge is 0.243 e. The predicted octanol–water partition coefficient (Wildman–Crippen LogP) is 1.86. The van der Waals surface area contributed by atoms with Gasteiger partial charge in [0.25, 0.3) is 0 Å². The van der Waals surface area contributed by atoms with Gasteiger partial charge in [-0.2, -0.15) is 4.31 Å². The van der Waals surface area contributed by atoms with E-state index in [1.807, 2.05) is 40.8 Å². The SMILES string of the molecule is Cc1cc(S(=O)(=O)N2CCN(C)CC2)c(C)c(C)c1C. The molecule has 1 aromatic carbocycles. The van der Waals surface area contributed by atoms with Crippen molar-refractivity contribution in [1.29, 1.82) is 0 Å². The summed E-state index contributed by atoms with van der Waals surface area (Å²) in [7, 11) is -1.35. The normalized spacial score (nSPS) is 18.4. The van der Waals surface area contributed by atoms with E-state index in [1.54, 1.807) is 4.31 Å². The Morgan fingerprint density at radius 3 is 2.00 bits per heavy atom. The number of nitrogens with zero attached hydrogens (tertiary/aromatic N) is 2. The standard InChI is InChI=1S/C15H24N2O2S/c1-11-10-15(14(4)13(3)12(11)2)20(18,19)17-8-6-16(5)7-9-17/h10H,6-9H2,1-5H3. The third-order valence-electron chi connectivity index (χ3n) is 4.51. The number of sulfonamides is 1. The van der Waals surface area contributed by atoms with Crippen molar-refractivity contribution in [3.05, 3.63) is 28.3 Å². The van der Waals surface area contributed by atoms with Crippen LogP contribution in [-0.4, -0.2) is 50.8 Å². The van der Waals surface area contributed by atoms with Crippen molar-refractivity contribution in [3.63, 3.8) is 0 Å². The first-order valence-electron chi connectivity index (χ1n) is 7.01. The molecule has 0 atom stereocenters. The molecule has 2 rings (SSSR count). The van der Waals surface area contributed by atoms with Crippen LogP contribution in [0, 0.1) is 27.7 Å². The Hall–Kier alpha value is -0.910. The molecule has 1 aromatic rings. The van der Waals surface area contributed by atoms with Gasteiger partial charge in [0.15, 0.2) is 0 Å². The Balaban J connectivity index is 2.45. The van der Waals surface area contributed by atoms with E-state index in [0.717, 1.165) is 29.8 Å². The van der Waals surface area contributed by atoms with E-state index in [2.05, 4.69) is 4.90 Å². The number of hydrogen-bond acceptors (Lipinski definition) is 3. The largest absolute Gasteiger partial charge is 0.304 e. The predicted molar refractivity (Wildman–Crippen MR) is 81.6 cm³/mol. The molecule has 0 amide bonds. The van der Waals surface area contributed by atoms with Crippen molar-refractivity contribution in [2.45, 2.75) is 32.6 Å². The first-order valence-corrected chi connectivity index (χ1v) is 8.45. The quantitative estimate of drug-likeness (QED) is 0.836. The molecule has 1 heterocycles. The minimum absolute atomic E-state index is 0.475. The lowest BCUT2D eigenvalue weighted by atomic mass is 10.00. The molecule has 20 heavy (non-hydrogen) atoms. The van der Waals surface area contributed by atoms with E-state index in [0.29, 0.717) is 18.0 Å². The van der Waals surface area contributed by atoms with E-state index < -0.39 is 10.0 Å². The number of likely N-dealkylation sites (N-methyl/N-ethyl adjacent to an activating group) is 1. The molecule has 1 aliphatic heterocycles. The van der Waals surface area contributed by atoms with Gasteiger partial charge >= 0.3 is 0 Å². The van der Waals surface area contributed by atoms with Crippen molar-refractivity contribution in [2.24, 2.45) is 0 Å².